The standard InChI is InChI=1S/C23H18N4O3/c28-20-13-16(14-27(20)17-9-2-1-3-10-17)22-25-26-23(30-22)24-21(29)19-12-6-8-15-7-4-5-11-18(15)19/h1-12,16H,13-14H2,(H,24,26,29). The molecular formula is C23H18N4O3. The average molecular weight is 398 g/mol. The van der Waals surface area contributed by atoms with E-state index in [0.29, 0.717) is 18.0 Å². The minimum atomic E-state index is -0.324. The summed E-state index contributed by atoms with van der Waals surface area (Å²) in [6, 6.07) is 22.7. The number of para-hydroxylation sites is 1. The van der Waals surface area contributed by atoms with Crippen molar-refractivity contribution in [2.75, 3.05) is 16.8 Å². The summed E-state index contributed by atoms with van der Waals surface area (Å²) in [6.07, 6.45) is 0.286. The highest BCUT2D eigenvalue weighted by Gasteiger charge is 2.35. The minimum Gasteiger partial charge on any atom is -0.407 e. The second-order valence-corrected chi connectivity index (χ2v) is 7.17. The van der Waals surface area contributed by atoms with Gasteiger partial charge in [-0.2, -0.15) is 0 Å². The summed E-state index contributed by atoms with van der Waals surface area (Å²) in [6.45, 7) is 0.460. The van der Waals surface area contributed by atoms with Crippen LogP contribution in [0.4, 0.5) is 11.7 Å². The molecule has 0 bridgehead atoms. The summed E-state index contributed by atoms with van der Waals surface area (Å²) in [4.78, 5) is 26.9. The molecule has 3 aromatic carbocycles. The molecule has 30 heavy (non-hydrogen) atoms. The Hall–Kier alpha value is -4.00. The summed E-state index contributed by atoms with van der Waals surface area (Å²) in [5.74, 6) is -0.190. The number of nitrogens with zero attached hydrogens (tertiary/aromatic N) is 3. The fourth-order valence-electron chi connectivity index (χ4n) is 3.77. The highest BCUT2D eigenvalue weighted by atomic mass is 16.4. The van der Waals surface area contributed by atoms with Crippen molar-refractivity contribution in [3.63, 3.8) is 0 Å². The molecule has 1 aliphatic heterocycles. The normalized spacial score (nSPS) is 16.2. The fourth-order valence-corrected chi connectivity index (χ4v) is 3.77. The van der Waals surface area contributed by atoms with Gasteiger partial charge in [0.15, 0.2) is 0 Å². The van der Waals surface area contributed by atoms with Gasteiger partial charge in [-0.3, -0.25) is 14.9 Å². The van der Waals surface area contributed by atoms with Crippen LogP contribution in [0.15, 0.2) is 77.2 Å². The number of rotatable bonds is 4. The lowest BCUT2D eigenvalue weighted by Crippen LogP contribution is -2.24. The summed E-state index contributed by atoms with van der Waals surface area (Å²) < 4.78 is 5.67. The Morgan fingerprint density at radius 3 is 2.60 bits per heavy atom. The van der Waals surface area contributed by atoms with Crippen molar-refractivity contribution in [1.29, 1.82) is 0 Å². The zero-order valence-electron chi connectivity index (χ0n) is 16.0. The SMILES string of the molecule is O=C(Nc1nnc(C2CC(=O)N(c3ccccc3)C2)o1)c1cccc2ccccc12. The van der Waals surface area contributed by atoms with Crippen LogP contribution in [0, 0.1) is 0 Å². The van der Waals surface area contributed by atoms with E-state index in [4.69, 9.17) is 4.42 Å². The monoisotopic (exact) mass is 398 g/mol. The van der Waals surface area contributed by atoms with Crippen LogP contribution in [0.2, 0.25) is 0 Å². The molecule has 0 saturated carbocycles. The molecular weight excluding hydrogens is 380 g/mol. The number of hydrogen-bond donors (Lipinski definition) is 1. The molecule has 1 aromatic heterocycles. The van der Waals surface area contributed by atoms with Gasteiger partial charge in [0, 0.05) is 24.2 Å². The average Bonchev–Trinajstić information content (AvgIpc) is 3.40. The fraction of sp³-hybridized carbons (Fsp3) is 0.130. The van der Waals surface area contributed by atoms with Crippen LogP contribution in [0.5, 0.6) is 0 Å². The molecule has 1 aliphatic rings. The number of carbonyl (C=O) groups is 2. The second-order valence-electron chi connectivity index (χ2n) is 7.17. The molecule has 1 atom stereocenters. The molecule has 1 N–H and O–H groups in total. The highest BCUT2D eigenvalue weighted by molar-refractivity contribution is 6.12. The highest BCUT2D eigenvalue weighted by Crippen LogP contribution is 2.31. The zero-order valence-corrected chi connectivity index (χ0v) is 16.0. The Labute approximate surface area is 172 Å². The molecule has 0 aliphatic carbocycles. The smallest absolute Gasteiger partial charge is 0.322 e. The molecule has 1 unspecified atom stereocenters. The molecule has 1 saturated heterocycles. The van der Waals surface area contributed by atoms with Crippen molar-refractivity contribution in [2.45, 2.75) is 12.3 Å². The third kappa shape index (κ3) is 3.30. The third-order valence-corrected chi connectivity index (χ3v) is 5.24. The topological polar surface area (TPSA) is 88.3 Å². The number of hydrogen-bond acceptors (Lipinski definition) is 5. The van der Waals surface area contributed by atoms with Crippen LogP contribution >= 0.6 is 0 Å². The van der Waals surface area contributed by atoms with E-state index in [2.05, 4.69) is 15.5 Å². The molecule has 2 amide bonds. The zero-order chi connectivity index (χ0) is 20.5. The largest absolute Gasteiger partial charge is 0.407 e. The summed E-state index contributed by atoms with van der Waals surface area (Å²) in [5, 5.41) is 12.5. The number of aromatic nitrogens is 2. The Bertz CT molecular complexity index is 1230. The van der Waals surface area contributed by atoms with E-state index < -0.39 is 0 Å². The Morgan fingerprint density at radius 1 is 0.967 bits per heavy atom. The van der Waals surface area contributed by atoms with Crippen LogP contribution in [0.1, 0.15) is 28.6 Å². The number of benzene rings is 3. The molecule has 7 heteroatoms. The maximum absolute atomic E-state index is 12.7. The van der Waals surface area contributed by atoms with Gasteiger partial charge in [-0.05, 0) is 29.0 Å². The van der Waals surface area contributed by atoms with E-state index >= 15 is 0 Å². The molecule has 5 rings (SSSR count). The third-order valence-electron chi connectivity index (χ3n) is 5.24. The van der Waals surface area contributed by atoms with E-state index in [1.54, 1.807) is 11.0 Å². The van der Waals surface area contributed by atoms with Gasteiger partial charge in [-0.1, -0.05) is 59.7 Å². The second kappa shape index (κ2) is 7.44. The van der Waals surface area contributed by atoms with E-state index in [9.17, 15) is 9.59 Å². The van der Waals surface area contributed by atoms with Crippen LogP contribution in [0.3, 0.4) is 0 Å². The first-order chi connectivity index (χ1) is 14.7. The molecule has 0 radical (unpaired) electrons. The van der Waals surface area contributed by atoms with Gasteiger partial charge in [0.1, 0.15) is 0 Å². The first-order valence-electron chi connectivity index (χ1n) is 9.67. The molecule has 0 spiro atoms. The lowest BCUT2D eigenvalue weighted by atomic mass is 10.0. The predicted octanol–water partition coefficient (Wildman–Crippen LogP) is 4.00. The van der Waals surface area contributed by atoms with Gasteiger partial charge in [-0.25, -0.2) is 0 Å². The first kappa shape index (κ1) is 18.1. The van der Waals surface area contributed by atoms with Crippen molar-refractivity contribution >= 4 is 34.3 Å². The number of anilines is 2. The van der Waals surface area contributed by atoms with Gasteiger partial charge in [0.2, 0.25) is 11.8 Å². The van der Waals surface area contributed by atoms with Crippen molar-refractivity contribution in [3.05, 3.63) is 84.3 Å². The maximum atomic E-state index is 12.7. The Balaban J connectivity index is 1.32. The Kier molecular flexibility index (Phi) is 4.48. The van der Waals surface area contributed by atoms with E-state index in [1.165, 1.54) is 0 Å². The summed E-state index contributed by atoms with van der Waals surface area (Å²) >= 11 is 0. The summed E-state index contributed by atoms with van der Waals surface area (Å²) in [7, 11) is 0. The first-order valence-corrected chi connectivity index (χ1v) is 9.67. The van der Waals surface area contributed by atoms with Gasteiger partial charge in [0.05, 0.1) is 5.92 Å². The van der Waals surface area contributed by atoms with Crippen LogP contribution < -0.4 is 10.2 Å². The van der Waals surface area contributed by atoms with Crippen LogP contribution in [0.25, 0.3) is 10.8 Å². The molecule has 4 aromatic rings. The molecule has 1 fully saturated rings. The van der Waals surface area contributed by atoms with E-state index in [1.807, 2.05) is 66.7 Å². The lowest BCUT2D eigenvalue weighted by Gasteiger charge is -2.15. The van der Waals surface area contributed by atoms with Crippen molar-refractivity contribution < 1.29 is 14.0 Å². The number of amides is 2. The Morgan fingerprint density at radius 2 is 1.73 bits per heavy atom. The van der Waals surface area contributed by atoms with Crippen LogP contribution in [-0.4, -0.2) is 28.6 Å². The number of carbonyl (C=O) groups excluding carboxylic acids is 2. The molecule has 148 valence electrons. The van der Waals surface area contributed by atoms with Crippen molar-refractivity contribution in [2.24, 2.45) is 0 Å². The number of fused-ring (bicyclic) bond motifs is 1. The molecule has 7 nitrogen and oxygen atoms in total. The number of nitrogens with one attached hydrogen (secondary N) is 1. The summed E-state index contributed by atoms with van der Waals surface area (Å²) in [5.41, 5.74) is 1.37. The van der Waals surface area contributed by atoms with Crippen LogP contribution in [-0.2, 0) is 4.79 Å². The van der Waals surface area contributed by atoms with E-state index in [0.717, 1.165) is 16.5 Å². The predicted molar refractivity (Wildman–Crippen MR) is 112 cm³/mol. The van der Waals surface area contributed by atoms with Gasteiger partial charge in [0.25, 0.3) is 5.91 Å². The minimum absolute atomic E-state index is 0.00532. The molecule has 2 heterocycles. The van der Waals surface area contributed by atoms with E-state index in [-0.39, 0.29) is 30.2 Å². The van der Waals surface area contributed by atoms with Crippen molar-refractivity contribution in [1.82, 2.24) is 10.2 Å². The van der Waals surface area contributed by atoms with Gasteiger partial charge < -0.3 is 9.32 Å². The maximum Gasteiger partial charge on any atom is 0.322 e. The van der Waals surface area contributed by atoms with Gasteiger partial charge in [-0.15, -0.1) is 5.10 Å². The lowest BCUT2D eigenvalue weighted by molar-refractivity contribution is -0.117. The van der Waals surface area contributed by atoms with Crippen molar-refractivity contribution in [3.8, 4) is 0 Å². The quantitative estimate of drug-likeness (QED) is 0.561. The van der Waals surface area contributed by atoms with Gasteiger partial charge >= 0.3 is 6.01 Å².